The van der Waals surface area contributed by atoms with Gasteiger partial charge < -0.3 is 10.2 Å². The molecule has 0 spiro atoms. The number of amides is 1. The molecule has 5 nitrogen and oxygen atoms in total. The number of carboxylic acid groups (broad SMARTS) is 1. The zero-order valence-corrected chi connectivity index (χ0v) is 17.7. The van der Waals surface area contributed by atoms with E-state index in [1.54, 1.807) is 25.1 Å². The van der Waals surface area contributed by atoms with Crippen molar-refractivity contribution < 1.29 is 33.0 Å². The fourth-order valence-electron chi connectivity index (χ4n) is 3.83. The van der Waals surface area contributed by atoms with Crippen molar-refractivity contribution in [1.82, 2.24) is 0 Å². The fraction of sp³-hybridized carbons (Fsp3) is 0.0833. The van der Waals surface area contributed by atoms with Crippen LogP contribution in [0.25, 0.3) is 11.6 Å². The molecule has 0 saturated heterocycles. The van der Waals surface area contributed by atoms with E-state index in [9.17, 15) is 27.9 Å². The third kappa shape index (κ3) is 3.82. The molecule has 9 heteroatoms. The Labute approximate surface area is 191 Å². The van der Waals surface area contributed by atoms with Gasteiger partial charge in [-0.2, -0.15) is 13.2 Å². The average molecular weight is 474 g/mol. The number of rotatable bonds is 3. The van der Waals surface area contributed by atoms with Gasteiger partial charge in [-0.05, 0) is 48.9 Å². The number of aromatic hydroxyl groups is 1. The molecule has 1 amide bonds. The number of benzene rings is 3. The highest BCUT2D eigenvalue weighted by atomic mass is 35.5. The van der Waals surface area contributed by atoms with Gasteiger partial charge in [-0.3, -0.25) is 9.69 Å². The number of alkyl halides is 3. The average Bonchev–Trinajstić information content (AvgIpc) is 3.01. The number of carbonyl (C=O) groups excluding carboxylic acids is 1. The molecule has 4 rings (SSSR count). The Morgan fingerprint density at radius 1 is 1.09 bits per heavy atom. The Kier molecular flexibility index (Phi) is 5.41. The standard InChI is InChI=1S/C24H15ClF3NO4/c1-12-4-2-7-19-21(12)16(11-15-17(24(26,27)28)5-3-6-18(15)25)22(31)29(19)13-8-9-14(23(32)33)20(30)10-13/h2-11,30H,1H3,(H,32,33)/b16-11-. The third-order valence-electron chi connectivity index (χ3n) is 5.31. The summed E-state index contributed by atoms with van der Waals surface area (Å²) in [6, 6.07) is 12.0. The summed E-state index contributed by atoms with van der Waals surface area (Å²) >= 11 is 6.09. The number of hydrogen-bond donors (Lipinski definition) is 2. The van der Waals surface area contributed by atoms with E-state index in [2.05, 4.69) is 0 Å². The molecular formula is C24H15ClF3NO4. The van der Waals surface area contributed by atoms with Crippen molar-refractivity contribution in [3.8, 4) is 5.75 Å². The summed E-state index contributed by atoms with van der Waals surface area (Å²) in [5, 5.41) is 19.1. The molecule has 0 atom stereocenters. The number of nitrogens with zero attached hydrogens (tertiary/aromatic N) is 1. The minimum Gasteiger partial charge on any atom is -0.507 e. The zero-order valence-electron chi connectivity index (χ0n) is 16.9. The highest BCUT2D eigenvalue weighted by molar-refractivity contribution is 6.39. The topological polar surface area (TPSA) is 77.8 Å². The first kappa shape index (κ1) is 22.4. The highest BCUT2D eigenvalue weighted by Crippen LogP contribution is 2.46. The van der Waals surface area contributed by atoms with Gasteiger partial charge in [-0.25, -0.2) is 4.79 Å². The number of phenols is 1. The molecular weight excluding hydrogens is 459 g/mol. The van der Waals surface area contributed by atoms with Gasteiger partial charge in [0.15, 0.2) is 0 Å². The molecule has 2 N–H and O–H groups in total. The monoisotopic (exact) mass is 473 g/mol. The Morgan fingerprint density at radius 2 is 1.79 bits per heavy atom. The number of anilines is 2. The van der Waals surface area contributed by atoms with Crippen LogP contribution in [-0.2, 0) is 11.0 Å². The van der Waals surface area contributed by atoms with Crippen LogP contribution in [0.2, 0.25) is 5.02 Å². The molecule has 1 heterocycles. The Hall–Kier alpha value is -3.78. The predicted octanol–water partition coefficient (Wildman–Crippen LogP) is 6.29. The lowest BCUT2D eigenvalue weighted by Crippen LogP contribution is -2.20. The van der Waals surface area contributed by atoms with Crippen molar-refractivity contribution in [2.24, 2.45) is 0 Å². The molecule has 0 aromatic heterocycles. The van der Waals surface area contributed by atoms with E-state index in [-0.39, 0.29) is 27.4 Å². The van der Waals surface area contributed by atoms with E-state index in [4.69, 9.17) is 16.7 Å². The van der Waals surface area contributed by atoms with Crippen LogP contribution in [0.15, 0.2) is 54.6 Å². The van der Waals surface area contributed by atoms with Crippen LogP contribution in [0.3, 0.4) is 0 Å². The van der Waals surface area contributed by atoms with Crippen molar-refractivity contribution in [2.45, 2.75) is 13.1 Å². The Balaban J connectivity index is 1.94. The van der Waals surface area contributed by atoms with E-state index in [0.29, 0.717) is 16.8 Å². The molecule has 0 fully saturated rings. The Morgan fingerprint density at radius 3 is 2.42 bits per heavy atom. The second kappa shape index (κ2) is 7.97. The van der Waals surface area contributed by atoms with Crippen molar-refractivity contribution in [2.75, 3.05) is 4.90 Å². The van der Waals surface area contributed by atoms with Gasteiger partial charge in [0.1, 0.15) is 11.3 Å². The van der Waals surface area contributed by atoms with Gasteiger partial charge in [-0.1, -0.05) is 29.8 Å². The van der Waals surface area contributed by atoms with Crippen molar-refractivity contribution >= 4 is 46.5 Å². The number of hydrogen-bond acceptors (Lipinski definition) is 3. The molecule has 0 aliphatic carbocycles. The first-order valence-corrected chi connectivity index (χ1v) is 9.96. The van der Waals surface area contributed by atoms with Crippen LogP contribution in [-0.4, -0.2) is 22.1 Å². The zero-order chi connectivity index (χ0) is 24.1. The first-order chi connectivity index (χ1) is 15.5. The number of halogens is 4. The lowest BCUT2D eigenvalue weighted by atomic mass is 9.97. The van der Waals surface area contributed by atoms with Crippen LogP contribution in [0.4, 0.5) is 24.5 Å². The SMILES string of the molecule is Cc1cccc2c1/C(=C/c1c(Cl)cccc1C(F)(F)F)C(=O)N2c1ccc(C(=O)O)c(O)c1. The summed E-state index contributed by atoms with van der Waals surface area (Å²) in [7, 11) is 0. The molecule has 3 aromatic carbocycles. The molecule has 0 saturated carbocycles. The first-order valence-electron chi connectivity index (χ1n) is 9.59. The van der Waals surface area contributed by atoms with Crippen LogP contribution >= 0.6 is 11.6 Å². The molecule has 0 bridgehead atoms. The lowest BCUT2D eigenvalue weighted by molar-refractivity contribution is -0.137. The minimum absolute atomic E-state index is 0.0106. The number of aryl methyl sites for hydroxylation is 1. The highest BCUT2D eigenvalue weighted by Gasteiger charge is 2.37. The van der Waals surface area contributed by atoms with E-state index < -0.39 is 29.4 Å². The van der Waals surface area contributed by atoms with Gasteiger partial charge in [0.25, 0.3) is 5.91 Å². The van der Waals surface area contributed by atoms with E-state index in [1.807, 2.05) is 0 Å². The summed E-state index contributed by atoms with van der Waals surface area (Å²) in [5.74, 6) is -2.54. The molecule has 33 heavy (non-hydrogen) atoms. The maximum Gasteiger partial charge on any atom is 0.417 e. The third-order valence-corrected chi connectivity index (χ3v) is 5.64. The summed E-state index contributed by atoms with van der Waals surface area (Å²) in [6.45, 7) is 1.71. The molecule has 1 aliphatic rings. The van der Waals surface area contributed by atoms with Crippen LogP contribution in [0.5, 0.6) is 5.75 Å². The molecule has 3 aromatic rings. The van der Waals surface area contributed by atoms with E-state index >= 15 is 0 Å². The van der Waals surface area contributed by atoms with Crippen molar-refractivity contribution in [3.05, 3.63) is 87.4 Å². The largest absolute Gasteiger partial charge is 0.507 e. The normalized spacial score (nSPS) is 14.6. The van der Waals surface area contributed by atoms with Crippen LogP contribution in [0, 0.1) is 6.92 Å². The Bertz CT molecular complexity index is 1350. The number of fused-ring (bicyclic) bond motifs is 1. The number of aromatic carboxylic acids is 1. The minimum atomic E-state index is -4.69. The summed E-state index contributed by atoms with van der Waals surface area (Å²) in [6.07, 6.45) is -3.57. The van der Waals surface area contributed by atoms with Crippen molar-refractivity contribution in [1.29, 1.82) is 0 Å². The molecule has 1 aliphatic heterocycles. The van der Waals surface area contributed by atoms with Gasteiger partial charge in [-0.15, -0.1) is 0 Å². The number of carboxylic acids is 1. The lowest BCUT2D eigenvalue weighted by Gasteiger charge is -2.18. The van der Waals surface area contributed by atoms with Crippen molar-refractivity contribution in [3.63, 3.8) is 0 Å². The number of carbonyl (C=O) groups is 2. The maximum absolute atomic E-state index is 13.6. The fourth-order valence-corrected chi connectivity index (χ4v) is 4.06. The van der Waals surface area contributed by atoms with E-state index in [1.165, 1.54) is 23.1 Å². The van der Waals surface area contributed by atoms with Gasteiger partial charge in [0.05, 0.1) is 22.5 Å². The van der Waals surface area contributed by atoms with Gasteiger partial charge in [0, 0.05) is 22.2 Å². The second-order valence-electron chi connectivity index (χ2n) is 7.37. The van der Waals surface area contributed by atoms with Crippen LogP contribution < -0.4 is 4.90 Å². The van der Waals surface area contributed by atoms with Gasteiger partial charge >= 0.3 is 12.1 Å². The molecule has 168 valence electrons. The quantitative estimate of drug-likeness (QED) is 0.438. The summed E-state index contributed by atoms with van der Waals surface area (Å²) < 4.78 is 40.8. The predicted molar refractivity (Wildman–Crippen MR) is 118 cm³/mol. The molecule has 0 unspecified atom stereocenters. The maximum atomic E-state index is 13.6. The van der Waals surface area contributed by atoms with E-state index in [0.717, 1.165) is 24.3 Å². The smallest absolute Gasteiger partial charge is 0.417 e. The summed E-state index contributed by atoms with van der Waals surface area (Å²) in [5.41, 5.74) is -0.0799. The summed E-state index contributed by atoms with van der Waals surface area (Å²) in [4.78, 5) is 25.9. The van der Waals surface area contributed by atoms with Crippen LogP contribution in [0.1, 0.15) is 32.6 Å². The van der Waals surface area contributed by atoms with Gasteiger partial charge in [0.2, 0.25) is 0 Å². The molecule has 0 radical (unpaired) electrons. The second-order valence-corrected chi connectivity index (χ2v) is 7.78.